The average Bonchev–Trinajstić information content (AvgIpc) is 3.32. The van der Waals surface area contributed by atoms with E-state index in [9.17, 15) is 4.79 Å². The van der Waals surface area contributed by atoms with E-state index < -0.39 is 0 Å². The van der Waals surface area contributed by atoms with Crippen LogP contribution in [-0.4, -0.2) is 26.6 Å². The van der Waals surface area contributed by atoms with Gasteiger partial charge in [-0.1, -0.05) is 30.3 Å². The summed E-state index contributed by atoms with van der Waals surface area (Å²) in [6.07, 6.45) is 5.37. The second kappa shape index (κ2) is 7.37. The van der Waals surface area contributed by atoms with E-state index in [1.165, 1.54) is 0 Å². The number of hydrogen-bond donors (Lipinski definition) is 1. The lowest BCUT2D eigenvalue weighted by atomic mass is 10.2. The van der Waals surface area contributed by atoms with Crippen molar-refractivity contribution in [1.29, 1.82) is 0 Å². The summed E-state index contributed by atoms with van der Waals surface area (Å²) in [5.41, 5.74) is 2.27. The smallest absolute Gasteiger partial charge is 0.272 e. The number of imidazole rings is 1. The van der Waals surface area contributed by atoms with Gasteiger partial charge in [0.1, 0.15) is 18.1 Å². The van der Waals surface area contributed by atoms with Crippen LogP contribution in [0.25, 0.3) is 10.9 Å². The van der Waals surface area contributed by atoms with Crippen LogP contribution in [-0.2, 0) is 13.6 Å². The molecule has 2 aromatic heterocycles. The number of anilines is 1. The molecule has 0 radical (unpaired) electrons. The third-order valence-electron chi connectivity index (χ3n) is 4.49. The highest BCUT2D eigenvalue weighted by molar-refractivity contribution is 6.07. The first kappa shape index (κ1) is 16.9. The van der Waals surface area contributed by atoms with E-state index in [-0.39, 0.29) is 5.91 Å². The first-order chi connectivity index (χ1) is 13.2. The number of amides is 1. The van der Waals surface area contributed by atoms with Crippen molar-refractivity contribution in [2.24, 2.45) is 7.05 Å². The minimum Gasteiger partial charge on any atom is -0.490 e. The van der Waals surface area contributed by atoms with Crippen LogP contribution < -0.4 is 10.1 Å². The van der Waals surface area contributed by atoms with E-state index in [0.717, 1.165) is 10.9 Å². The van der Waals surface area contributed by atoms with Gasteiger partial charge in [0.05, 0.1) is 18.6 Å². The van der Waals surface area contributed by atoms with E-state index in [1.54, 1.807) is 12.5 Å². The summed E-state index contributed by atoms with van der Waals surface area (Å²) < 4.78 is 9.70. The van der Waals surface area contributed by atoms with Gasteiger partial charge in [-0.25, -0.2) is 4.98 Å². The van der Waals surface area contributed by atoms with E-state index in [2.05, 4.69) is 10.3 Å². The number of aryl methyl sites for hydroxylation is 1. The van der Waals surface area contributed by atoms with Crippen molar-refractivity contribution in [3.63, 3.8) is 0 Å². The van der Waals surface area contributed by atoms with Crippen LogP contribution in [0.4, 0.5) is 5.69 Å². The molecule has 0 bridgehead atoms. The largest absolute Gasteiger partial charge is 0.490 e. The SMILES string of the molecule is Cn1c(C(=O)Nc2ccccc2OCCn2ccnc2)cc2ccccc21. The standard InChI is InChI=1S/C21H20N4O2/c1-24-18-8-4-2-6-16(18)14-19(24)21(26)23-17-7-3-5-9-20(17)27-13-12-25-11-10-22-15-25/h2-11,14-15H,12-13H2,1H3,(H,23,26). The Bertz CT molecular complexity index is 1070. The number of fused-ring (bicyclic) bond motifs is 1. The lowest BCUT2D eigenvalue weighted by Crippen LogP contribution is -2.16. The molecule has 0 aliphatic heterocycles. The van der Waals surface area contributed by atoms with Crippen molar-refractivity contribution in [1.82, 2.24) is 14.1 Å². The van der Waals surface area contributed by atoms with Crippen LogP contribution in [0.1, 0.15) is 10.5 Å². The molecule has 0 saturated heterocycles. The zero-order chi connectivity index (χ0) is 18.6. The zero-order valence-corrected chi connectivity index (χ0v) is 15.0. The van der Waals surface area contributed by atoms with Gasteiger partial charge in [0.2, 0.25) is 0 Å². The molecule has 0 aliphatic rings. The maximum atomic E-state index is 12.8. The molecule has 0 fully saturated rings. The Balaban J connectivity index is 1.50. The number of rotatable bonds is 6. The van der Waals surface area contributed by atoms with Gasteiger partial charge in [-0.3, -0.25) is 4.79 Å². The van der Waals surface area contributed by atoms with Gasteiger partial charge in [-0.15, -0.1) is 0 Å². The number of hydrogen-bond acceptors (Lipinski definition) is 3. The van der Waals surface area contributed by atoms with E-state index in [0.29, 0.717) is 30.3 Å². The fraction of sp³-hybridized carbons (Fsp3) is 0.143. The molecule has 6 nitrogen and oxygen atoms in total. The minimum atomic E-state index is -0.167. The van der Waals surface area contributed by atoms with Crippen molar-refractivity contribution in [3.8, 4) is 5.75 Å². The molecule has 4 rings (SSSR count). The minimum absolute atomic E-state index is 0.167. The summed E-state index contributed by atoms with van der Waals surface area (Å²) in [4.78, 5) is 16.8. The molecule has 0 aliphatic carbocycles. The Kier molecular flexibility index (Phi) is 4.61. The number of aromatic nitrogens is 3. The first-order valence-corrected chi connectivity index (χ1v) is 8.76. The molecular weight excluding hydrogens is 340 g/mol. The van der Waals surface area contributed by atoms with Gasteiger partial charge in [0.25, 0.3) is 5.91 Å². The van der Waals surface area contributed by atoms with Crippen molar-refractivity contribution in [2.75, 3.05) is 11.9 Å². The van der Waals surface area contributed by atoms with Crippen LogP contribution in [0.2, 0.25) is 0 Å². The summed E-state index contributed by atoms with van der Waals surface area (Å²) in [6, 6.07) is 17.3. The third-order valence-corrected chi connectivity index (χ3v) is 4.49. The molecular formula is C21H20N4O2. The predicted molar refractivity (Wildman–Crippen MR) is 105 cm³/mol. The molecule has 136 valence electrons. The van der Waals surface area contributed by atoms with E-state index >= 15 is 0 Å². The Labute approximate surface area is 157 Å². The van der Waals surface area contributed by atoms with Gasteiger partial charge in [-0.2, -0.15) is 0 Å². The first-order valence-electron chi connectivity index (χ1n) is 8.76. The number of ether oxygens (including phenoxy) is 1. The van der Waals surface area contributed by atoms with Gasteiger partial charge in [0.15, 0.2) is 0 Å². The lowest BCUT2D eigenvalue weighted by Gasteiger charge is -2.13. The fourth-order valence-corrected chi connectivity index (χ4v) is 3.07. The molecule has 0 unspecified atom stereocenters. The van der Waals surface area contributed by atoms with Gasteiger partial charge < -0.3 is 19.2 Å². The zero-order valence-electron chi connectivity index (χ0n) is 15.0. The Morgan fingerprint density at radius 1 is 1.15 bits per heavy atom. The lowest BCUT2D eigenvalue weighted by molar-refractivity contribution is 0.101. The predicted octanol–water partition coefficient (Wildman–Crippen LogP) is 3.71. The van der Waals surface area contributed by atoms with Gasteiger partial charge >= 0.3 is 0 Å². The van der Waals surface area contributed by atoms with Crippen LogP contribution in [0, 0.1) is 0 Å². The highest BCUT2D eigenvalue weighted by Gasteiger charge is 2.15. The number of nitrogens with one attached hydrogen (secondary N) is 1. The number of carbonyl (C=O) groups excluding carboxylic acids is 1. The second-order valence-electron chi connectivity index (χ2n) is 6.25. The summed E-state index contributed by atoms with van der Waals surface area (Å²) in [5.74, 6) is 0.476. The normalized spacial score (nSPS) is 10.9. The molecule has 27 heavy (non-hydrogen) atoms. The molecule has 6 heteroatoms. The number of para-hydroxylation sites is 3. The Hall–Kier alpha value is -3.54. The average molecular weight is 360 g/mol. The van der Waals surface area contributed by atoms with E-state index in [4.69, 9.17) is 4.74 Å². The van der Waals surface area contributed by atoms with Crippen molar-refractivity contribution in [2.45, 2.75) is 6.54 Å². The molecule has 0 atom stereocenters. The number of benzene rings is 2. The Morgan fingerprint density at radius 3 is 2.78 bits per heavy atom. The van der Waals surface area contributed by atoms with Gasteiger partial charge in [0, 0.05) is 30.3 Å². The molecule has 1 N–H and O–H groups in total. The molecule has 0 saturated carbocycles. The molecule has 2 heterocycles. The fourth-order valence-electron chi connectivity index (χ4n) is 3.07. The maximum absolute atomic E-state index is 12.8. The summed E-state index contributed by atoms with van der Waals surface area (Å²) in [5, 5.41) is 4.01. The quantitative estimate of drug-likeness (QED) is 0.570. The third kappa shape index (κ3) is 3.55. The van der Waals surface area contributed by atoms with Crippen LogP contribution in [0.5, 0.6) is 5.75 Å². The maximum Gasteiger partial charge on any atom is 0.272 e. The Morgan fingerprint density at radius 2 is 1.96 bits per heavy atom. The van der Waals surface area contributed by atoms with Crippen molar-refractivity contribution >= 4 is 22.5 Å². The summed E-state index contributed by atoms with van der Waals surface area (Å²) in [6.45, 7) is 1.17. The molecule has 0 spiro atoms. The van der Waals surface area contributed by atoms with Crippen LogP contribution in [0.3, 0.4) is 0 Å². The molecule has 4 aromatic rings. The highest BCUT2D eigenvalue weighted by Crippen LogP contribution is 2.25. The van der Waals surface area contributed by atoms with Crippen LogP contribution >= 0.6 is 0 Å². The van der Waals surface area contributed by atoms with E-state index in [1.807, 2.05) is 77.0 Å². The van der Waals surface area contributed by atoms with Crippen molar-refractivity contribution < 1.29 is 9.53 Å². The summed E-state index contributed by atoms with van der Waals surface area (Å²) >= 11 is 0. The summed E-state index contributed by atoms with van der Waals surface area (Å²) in [7, 11) is 1.89. The van der Waals surface area contributed by atoms with Crippen molar-refractivity contribution in [3.05, 3.63) is 79.0 Å². The second-order valence-corrected chi connectivity index (χ2v) is 6.25. The number of carbonyl (C=O) groups is 1. The van der Waals surface area contributed by atoms with Crippen LogP contribution in [0.15, 0.2) is 73.3 Å². The van der Waals surface area contributed by atoms with Gasteiger partial charge in [-0.05, 0) is 24.3 Å². The monoisotopic (exact) mass is 360 g/mol. The topological polar surface area (TPSA) is 61.1 Å². The molecule has 2 aromatic carbocycles. The molecule has 1 amide bonds. The number of nitrogens with zero attached hydrogens (tertiary/aromatic N) is 3. The highest BCUT2D eigenvalue weighted by atomic mass is 16.5.